The maximum atomic E-state index is 13.4. The van der Waals surface area contributed by atoms with Gasteiger partial charge in [0.25, 0.3) is 0 Å². The van der Waals surface area contributed by atoms with E-state index in [0.717, 1.165) is 66.0 Å². The van der Waals surface area contributed by atoms with Gasteiger partial charge in [-0.05, 0) is 92.8 Å². The predicted octanol–water partition coefficient (Wildman–Crippen LogP) is 8.08. The van der Waals surface area contributed by atoms with E-state index >= 15 is 0 Å². The number of aryl methyl sites for hydroxylation is 2. The first-order valence-corrected chi connectivity index (χ1v) is 16.8. The Balaban J connectivity index is 1.06. The first-order chi connectivity index (χ1) is 22.6. The number of carbonyl (C=O) groups excluding carboxylic acids is 2. The van der Waals surface area contributed by atoms with Crippen LogP contribution in [-0.4, -0.2) is 45.8 Å². The predicted molar refractivity (Wildman–Crippen MR) is 187 cm³/mol. The van der Waals surface area contributed by atoms with Gasteiger partial charge in [0.1, 0.15) is 11.6 Å². The highest BCUT2D eigenvalue weighted by molar-refractivity contribution is 5.99. The number of hydrogen-bond acceptors (Lipinski definition) is 4. The Morgan fingerprint density at radius 3 is 2.34 bits per heavy atom. The van der Waals surface area contributed by atoms with E-state index in [2.05, 4.69) is 55.4 Å². The van der Waals surface area contributed by atoms with Gasteiger partial charge >= 0.3 is 6.03 Å². The second-order valence-electron chi connectivity index (χ2n) is 14.2. The zero-order valence-electron chi connectivity index (χ0n) is 28.3. The van der Waals surface area contributed by atoms with E-state index in [-0.39, 0.29) is 17.4 Å². The molecule has 1 aromatic heterocycles. The summed E-state index contributed by atoms with van der Waals surface area (Å²) in [4.78, 5) is 28.8. The first kappa shape index (κ1) is 32.4. The van der Waals surface area contributed by atoms with Crippen LogP contribution in [0.1, 0.15) is 75.3 Å². The van der Waals surface area contributed by atoms with Crippen LogP contribution in [0, 0.1) is 12.8 Å². The fourth-order valence-corrected chi connectivity index (χ4v) is 7.25. The van der Waals surface area contributed by atoms with Crippen molar-refractivity contribution in [3.8, 4) is 11.4 Å². The Morgan fingerprint density at radius 2 is 1.64 bits per heavy atom. The number of methoxy groups -OCH3 is 1. The molecule has 2 aliphatic heterocycles. The van der Waals surface area contributed by atoms with E-state index < -0.39 is 0 Å². The SMILES string of the molecule is COc1ccccc1CCC(=O)N1C2CCC1CC(Cc1cccc(NC(=O)Nc3cc(C(C)(C)C)nn3-c3ccc(C)cc3)c1)C2. The van der Waals surface area contributed by atoms with Gasteiger partial charge in [-0.1, -0.05) is 68.8 Å². The summed E-state index contributed by atoms with van der Waals surface area (Å²) in [5.41, 5.74) is 5.81. The minimum atomic E-state index is -0.311. The number of aromatic nitrogens is 2. The maximum absolute atomic E-state index is 13.4. The molecule has 3 amide bonds. The molecule has 2 unspecified atom stereocenters. The highest BCUT2D eigenvalue weighted by Gasteiger charge is 2.42. The summed E-state index contributed by atoms with van der Waals surface area (Å²) in [6.45, 7) is 8.39. The Morgan fingerprint density at radius 1 is 0.915 bits per heavy atom. The Bertz CT molecular complexity index is 1710. The van der Waals surface area contributed by atoms with E-state index in [9.17, 15) is 9.59 Å². The van der Waals surface area contributed by atoms with Crippen molar-refractivity contribution in [1.82, 2.24) is 14.7 Å². The molecule has 0 aliphatic carbocycles. The van der Waals surface area contributed by atoms with Crippen LogP contribution in [0.2, 0.25) is 0 Å². The standard InChI is InChI=1S/C39H47N5O3/c1-26-13-16-31(17-14-26)44-36(25-35(42-44)39(2,3)4)41-38(46)40-30-11-8-9-27(22-30)21-28-23-32-18-19-33(24-28)43(32)37(45)20-15-29-10-6-7-12-34(29)47-5/h6-14,16-17,22,25,28,32-33H,15,18-21,23-24H2,1-5H3,(H2,40,41,46). The summed E-state index contributed by atoms with van der Waals surface area (Å²) in [6.07, 6.45) is 6.35. The third-order valence-electron chi connectivity index (χ3n) is 9.63. The topological polar surface area (TPSA) is 88.5 Å². The Hall–Kier alpha value is -4.59. The lowest BCUT2D eigenvalue weighted by atomic mass is 9.85. The summed E-state index contributed by atoms with van der Waals surface area (Å²) >= 11 is 0. The number of amides is 3. The zero-order valence-corrected chi connectivity index (χ0v) is 28.3. The van der Waals surface area contributed by atoms with Crippen molar-refractivity contribution in [2.75, 3.05) is 17.7 Å². The fourth-order valence-electron chi connectivity index (χ4n) is 7.25. The van der Waals surface area contributed by atoms with Gasteiger partial charge in [-0.25, -0.2) is 9.48 Å². The minimum Gasteiger partial charge on any atom is -0.496 e. The van der Waals surface area contributed by atoms with Crippen molar-refractivity contribution in [3.63, 3.8) is 0 Å². The fraction of sp³-hybridized carbons (Fsp3) is 0.410. The molecule has 3 heterocycles. The zero-order chi connectivity index (χ0) is 33.1. The number of ether oxygens (including phenoxy) is 1. The van der Waals surface area contributed by atoms with E-state index in [4.69, 9.17) is 9.84 Å². The first-order valence-electron chi connectivity index (χ1n) is 16.8. The van der Waals surface area contributed by atoms with Crippen molar-refractivity contribution < 1.29 is 14.3 Å². The summed E-state index contributed by atoms with van der Waals surface area (Å²) < 4.78 is 7.28. The highest BCUT2D eigenvalue weighted by atomic mass is 16.5. The average molecular weight is 634 g/mol. The van der Waals surface area contributed by atoms with Crippen molar-refractivity contribution in [2.24, 2.45) is 5.92 Å². The Labute approximate surface area is 278 Å². The van der Waals surface area contributed by atoms with Crippen molar-refractivity contribution in [3.05, 3.63) is 101 Å². The van der Waals surface area contributed by atoms with Crippen molar-refractivity contribution in [2.45, 2.75) is 90.1 Å². The molecule has 47 heavy (non-hydrogen) atoms. The lowest BCUT2D eigenvalue weighted by molar-refractivity contribution is -0.136. The molecule has 0 radical (unpaired) electrons. The monoisotopic (exact) mass is 633 g/mol. The minimum absolute atomic E-state index is 0.170. The van der Waals surface area contributed by atoms with E-state index in [1.54, 1.807) is 11.8 Å². The molecule has 2 N–H and O–H groups in total. The van der Waals surface area contributed by atoms with Gasteiger partial charge in [-0.2, -0.15) is 5.10 Å². The molecule has 3 aromatic carbocycles. The Kier molecular flexibility index (Phi) is 9.39. The molecule has 2 bridgehead atoms. The molecule has 6 rings (SSSR count). The molecule has 8 nitrogen and oxygen atoms in total. The van der Waals surface area contributed by atoms with E-state index in [0.29, 0.717) is 36.7 Å². The van der Waals surface area contributed by atoms with Crippen LogP contribution in [0.5, 0.6) is 5.75 Å². The normalized spacial score (nSPS) is 19.0. The molecule has 0 saturated carbocycles. The van der Waals surface area contributed by atoms with Gasteiger partial charge in [-0.3, -0.25) is 10.1 Å². The number of fused-ring (bicyclic) bond motifs is 2. The quantitative estimate of drug-likeness (QED) is 0.195. The number of piperidine rings is 1. The number of benzene rings is 3. The van der Waals surface area contributed by atoms with Crippen LogP contribution in [0.25, 0.3) is 5.69 Å². The molecule has 0 spiro atoms. The van der Waals surface area contributed by atoms with Crippen LogP contribution in [0.3, 0.4) is 0 Å². The number of nitrogens with zero attached hydrogens (tertiary/aromatic N) is 3. The molecule has 4 aromatic rings. The van der Waals surface area contributed by atoms with Crippen molar-refractivity contribution in [1.29, 1.82) is 0 Å². The number of para-hydroxylation sites is 1. The molecule has 246 valence electrons. The third kappa shape index (κ3) is 7.53. The van der Waals surface area contributed by atoms with Crippen LogP contribution in [-0.2, 0) is 23.1 Å². The van der Waals surface area contributed by atoms with Gasteiger partial charge in [0.2, 0.25) is 5.91 Å². The summed E-state index contributed by atoms with van der Waals surface area (Å²) in [7, 11) is 1.68. The van der Waals surface area contributed by atoms with Crippen LogP contribution >= 0.6 is 0 Å². The number of hydrogen-bond donors (Lipinski definition) is 2. The molecule has 2 aliphatic rings. The third-order valence-corrected chi connectivity index (χ3v) is 9.63. The van der Waals surface area contributed by atoms with Crippen LogP contribution < -0.4 is 15.4 Å². The number of carbonyl (C=O) groups is 2. The smallest absolute Gasteiger partial charge is 0.324 e. The van der Waals surface area contributed by atoms with Gasteiger partial charge < -0.3 is 15.0 Å². The van der Waals surface area contributed by atoms with Crippen LogP contribution in [0.15, 0.2) is 78.9 Å². The van der Waals surface area contributed by atoms with Gasteiger partial charge in [0, 0.05) is 35.7 Å². The highest BCUT2D eigenvalue weighted by Crippen LogP contribution is 2.40. The largest absolute Gasteiger partial charge is 0.496 e. The second-order valence-corrected chi connectivity index (χ2v) is 14.2. The summed E-state index contributed by atoms with van der Waals surface area (Å²) in [5, 5.41) is 10.9. The van der Waals surface area contributed by atoms with Crippen LogP contribution in [0.4, 0.5) is 16.3 Å². The van der Waals surface area contributed by atoms with Crippen molar-refractivity contribution >= 4 is 23.4 Å². The molecule has 2 fully saturated rings. The molecule has 2 saturated heterocycles. The lowest BCUT2D eigenvalue weighted by Gasteiger charge is -2.39. The number of urea groups is 1. The number of rotatable bonds is 9. The molecule has 8 heteroatoms. The molecule has 2 atom stereocenters. The maximum Gasteiger partial charge on any atom is 0.324 e. The number of anilines is 2. The molecular weight excluding hydrogens is 586 g/mol. The molecular formula is C39H47N5O3. The van der Waals surface area contributed by atoms with Gasteiger partial charge in [-0.15, -0.1) is 0 Å². The average Bonchev–Trinajstić information content (AvgIpc) is 3.59. The van der Waals surface area contributed by atoms with Gasteiger partial charge in [0.15, 0.2) is 0 Å². The second kappa shape index (κ2) is 13.6. The van der Waals surface area contributed by atoms with E-state index in [1.165, 1.54) is 5.56 Å². The summed E-state index contributed by atoms with van der Waals surface area (Å²) in [5.74, 6) is 2.23. The van der Waals surface area contributed by atoms with Gasteiger partial charge in [0.05, 0.1) is 18.5 Å². The lowest BCUT2D eigenvalue weighted by Crippen LogP contribution is -2.47. The van der Waals surface area contributed by atoms with E-state index in [1.807, 2.05) is 66.7 Å². The number of nitrogens with one attached hydrogen (secondary N) is 2. The summed E-state index contributed by atoms with van der Waals surface area (Å²) in [6, 6.07) is 26.5.